The van der Waals surface area contributed by atoms with Crippen molar-refractivity contribution in [3.8, 4) is 16.9 Å². The Kier molecular flexibility index (Phi) is 5.36. The molecule has 1 amide bonds. The number of likely N-dealkylation sites (tertiary alicyclic amines) is 1. The number of aromatic nitrogens is 2. The zero-order chi connectivity index (χ0) is 21.0. The monoisotopic (exact) mass is 407 g/mol. The third-order valence-electron chi connectivity index (χ3n) is 5.86. The number of hydrogen-bond donors (Lipinski definition) is 0. The smallest absolute Gasteiger partial charge is 0.246 e. The molecule has 4 heteroatoms. The first-order valence-electron chi connectivity index (χ1n) is 10.9. The lowest BCUT2D eigenvalue weighted by atomic mass is 10.0. The van der Waals surface area contributed by atoms with Crippen LogP contribution in [0.15, 0.2) is 85.1 Å². The zero-order valence-corrected chi connectivity index (χ0v) is 17.4. The highest BCUT2D eigenvalue weighted by atomic mass is 16.2. The number of amides is 1. The van der Waals surface area contributed by atoms with Crippen molar-refractivity contribution in [2.75, 3.05) is 13.1 Å². The first-order valence-corrected chi connectivity index (χ1v) is 10.9. The van der Waals surface area contributed by atoms with E-state index in [0.717, 1.165) is 48.4 Å². The van der Waals surface area contributed by atoms with E-state index in [-0.39, 0.29) is 5.91 Å². The van der Waals surface area contributed by atoms with E-state index in [1.54, 1.807) is 6.08 Å². The zero-order valence-electron chi connectivity index (χ0n) is 17.4. The molecule has 0 aliphatic carbocycles. The van der Waals surface area contributed by atoms with Crippen molar-refractivity contribution < 1.29 is 4.79 Å². The fraction of sp³-hybridized carbons (Fsp3) is 0.185. The van der Waals surface area contributed by atoms with Gasteiger partial charge in [0.15, 0.2) is 0 Å². The van der Waals surface area contributed by atoms with Crippen LogP contribution in [0.5, 0.6) is 0 Å². The molecule has 1 aliphatic heterocycles. The number of fused-ring (bicyclic) bond motifs is 1. The van der Waals surface area contributed by atoms with Crippen molar-refractivity contribution in [1.29, 1.82) is 0 Å². The van der Waals surface area contributed by atoms with Crippen LogP contribution in [0.4, 0.5) is 0 Å². The minimum absolute atomic E-state index is 0.0802. The van der Waals surface area contributed by atoms with Gasteiger partial charge < -0.3 is 4.90 Å². The van der Waals surface area contributed by atoms with Gasteiger partial charge in [-0.15, -0.1) is 0 Å². The summed E-state index contributed by atoms with van der Waals surface area (Å²) >= 11 is 0. The number of rotatable bonds is 4. The fourth-order valence-corrected chi connectivity index (χ4v) is 4.16. The quantitative estimate of drug-likeness (QED) is 0.406. The summed E-state index contributed by atoms with van der Waals surface area (Å²) in [7, 11) is 0. The van der Waals surface area contributed by atoms with Crippen molar-refractivity contribution in [1.82, 2.24) is 14.7 Å². The molecule has 1 saturated heterocycles. The highest BCUT2D eigenvalue weighted by Crippen LogP contribution is 2.28. The summed E-state index contributed by atoms with van der Waals surface area (Å²) in [5.41, 5.74) is 3.84. The molecule has 4 nitrogen and oxygen atoms in total. The minimum atomic E-state index is 0.0802. The van der Waals surface area contributed by atoms with E-state index in [1.165, 1.54) is 17.2 Å². The molecule has 0 N–H and O–H groups in total. The molecule has 31 heavy (non-hydrogen) atoms. The molecular weight excluding hydrogens is 382 g/mol. The molecule has 1 aromatic heterocycles. The normalized spacial score (nSPS) is 14.4. The molecule has 1 fully saturated rings. The van der Waals surface area contributed by atoms with Crippen LogP contribution in [-0.4, -0.2) is 33.7 Å². The molecule has 0 saturated carbocycles. The van der Waals surface area contributed by atoms with Crippen LogP contribution < -0.4 is 0 Å². The van der Waals surface area contributed by atoms with Crippen molar-refractivity contribution >= 4 is 22.8 Å². The highest BCUT2D eigenvalue weighted by molar-refractivity contribution is 5.93. The van der Waals surface area contributed by atoms with Crippen LogP contribution in [0.1, 0.15) is 24.8 Å². The summed E-state index contributed by atoms with van der Waals surface area (Å²) in [5.74, 6) is 0.0802. The molecule has 0 radical (unpaired) electrons. The Labute approximate surface area is 182 Å². The molecule has 1 aliphatic rings. The van der Waals surface area contributed by atoms with E-state index in [2.05, 4.69) is 30.3 Å². The van der Waals surface area contributed by atoms with E-state index in [0.29, 0.717) is 0 Å². The van der Waals surface area contributed by atoms with Gasteiger partial charge in [0.25, 0.3) is 0 Å². The van der Waals surface area contributed by atoms with E-state index >= 15 is 0 Å². The first-order chi connectivity index (χ1) is 15.3. The molecule has 0 bridgehead atoms. The highest BCUT2D eigenvalue weighted by Gasteiger charge is 2.15. The van der Waals surface area contributed by atoms with Crippen LogP contribution in [0.25, 0.3) is 33.8 Å². The maximum Gasteiger partial charge on any atom is 0.246 e. The van der Waals surface area contributed by atoms with E-state index in [4.69, 9.17) is 5.10 Å². The predicted molar refractivity (Wildman–Crippen MR) is 126 cm³/mol. The van der Waals surface area contributed by atoms with Crippen LogP contribution in [-0.2, 0) is 4.79 Å². The average Bonchev–Trinajstić information content (AvgIpc) is 3.27. The van der Waals surface area contributed by atoms with Gasteiger partial charge in [0.05, 0.1) is 11.4 Å². The third-order valence-corrected chi connectivity index (χ3v) is 5.86. The van der Waals surface area contributed by atoms with E-state index < -0.39 is 0 Å². The number of para-hydroxylation sites is 1. The number of carbonyl (C=O) groups excluding carboxylic acids is 1. The van der Waals surface area contributed by atoms with Gasteiger partial charge in [0.1, 0.15) is 0 Å². The van der Waals surface area contributed by atoms with Crippen LogP contribution >= 0.6 is 0 Å². The number of carbonyl (C=O) groups is 1. The maximum atomic E-state index is 12.7. The topological polar surface area (TPSA) is 38.1 Å². The van der Waals surface area contributed by atoms with E-state index in [9.17, 15) is 4.79 Å². The van der Waals surface area contributed by atoms with Gasteiger partial charge in [-0.1, -0.05) is 54.6 Å². The Balaban J connectivity index is 1.54. The Morgan fingerprint density at radius 1 is 0.839 bits per heavy atom. The predicted octanol–water partition coefficient (Wildman–Crippen LogP) is 5.72. The molecule has 0 unspecified atom stereocenters. The number of nitrogens with zero attached hydrogens (tertiary/aromatic N) is 3. The van der Waals surface area contributed by atoms with Gasteiger partial charge in [0, 0.05) is 36.5 Å². The Bertz CT molecular complexity index is 1230. The molecule has 0 atom stereocenters. The van der Waals surface area contributed by atoms with Gasteiger partial charge >= 0.3 is 0 Å². The van der Waals surface area contributed by atoms with Crippen molar-refractivity contribution in [3.05, 3.63) is 90.6 Å². The summed E-state index contributed by atoms with van der Waals surface area (Å²) in [6, 6.07) is 24.8. The number of piperidine rings is 1. The fourth-order valence-electron chi connectivity index (χ4n) is 4.16. The molecule has 0 spiro atoms. The minimum Gasteiger partial charge on any atom is -0.339 e. The molecule has 2 heterocycles. The second-order valence-corrected chi connectivity index (χ2v) is 7.99. The Morgan fingerprint density at radius 2 is 1.58 bits per heavy atom. The van der Waals surface area contributed by atoms with E-state index in [1.807, 2.05) is 64.3 Å². The van der Waals surface area contributed by atoms with Gasteiger partial charge in [-0.05, 0) is 54.3 Å². The molecule has 3 aromatic carbocycles. The van der Waals surface area contributed by atoms with Crippen molar-refractivity contribution in [3.63, 3.8) is 0 Å². The molecule has 154 valence electrons. The lowest BCUT2D eigenvalue weighted by Crippen LogP contribution is -2.34. The van der Waals surface area contributed by atoms with Gasteiger partial charge in [0.2, 0.25) is 5.91 Å². The average molecular weight is 408 g/mol. The summed E-state index contributed by atoms with van der Waals surface area (Å²) in [4.78, 5) is 14.6. The first kappa shape index (κ1) is 19.3. The SMILES string of the molecule is O=C(/C=C\c1cn(-c2ccccc2)nc1-c1ccc2ccccc2c1)N1CCCCC1. The number of hydrogen-bond acceptors (Lipinski definition) is 2. The van der Waals surface area contributed by atoms with Gasteiger partial charge in [-0.25, -0.2) is 4.68 Å². The standard InChI is InChI=1S/C27H25N3O/c31-26(29-17-7-2-8-18-29)16-15-24-20-30(25-11-3-1-4-12-25)28-27(24)23-14-13-21-9-5-6-10-22(21)19-23/h1,3-6,9-16,19-20H,2,7-8,17-18H2/b16-15-. The van der Waals surface area contributed by atoms with Crippen molar-refractivity contribution in [2.45, 2.75) is 19.3 Å². The van der Waals surface area contributed by atoms with Crippen molar-refractivity contribution in [2.24, 2.45) is 0 Å². The number of benzene rings is 3. The summed E-state index contributed by atoms with van der Waals surface area (Å²) < 4.78 is 1.88. The summed E-state index contributed by atoms with van der Waals surface area (Å²) in [5, 5.41) is 7.26. The second kappa shape index (κ2) is 8.60. The second-order valence-electron chi connectivity index (χ2n) is 7.99. The lowest BCUT2D eigenvalue weighted by molar-refractivity contribution is -0.126. The molecular formula is C27H25N3O. The Morgan fingerprint density at radius 3 is 2.39 bits per heavy atom. The molecule has 5 rings (SSSR count). The van der Waals surface area contributed by atoms with Crippen LogP contribution in [0.2, 0.25) is 0 Å². The lowest BCUT2D eigenvalue weighted by Gasteiger charge is -2.25. The summed E-state index contributed by atoms with van der Waals surface area (Å²) in [6.45, 7) is 1.70. The largest absolute Gasteiger partial charge is 0.339 e. The van der Waals surface area contributed by atoms with Crippen LogP contribution in [0, 0.1) is 0 Å². The van der Waals surface area contributed by atoms with Crippen LogP contribution in [0.3, 0.4) is 0 Å². The maximum absolute atomic E-state index is 12.7. The van der Waals surface area contributed by atoms with Gasteiger partial charge in [-0.2, -0.15) is 5.10 Å². The van der Waals surface area contributed by atoms with Gasteiger partial charge in [-0.3, -0.25) is 4.79 Å². The molecule has 4 aromatic rings. The Hall–Kier alpha value is -3.66. The third kappa shape index (κ3) is 4.15. The summed E-state index contributed by atoms with van der Waals surface area (Å²) in [6.07, 6.45) is 9.00.